The van der Waals surface area contributed by atoms with Gasteiger partial charge in [-0.3, -0.25) is 9.59 Å². The highest BCUT2D eigenvalue weighted by molar-refractivity contribution is 7.17. The summed E-state index contributed by atoms with van der Waals surface area (Å²) in [7, 11) is 0. The Balaban J connectivity index is 1.53. The van der Waals surface area contributed by atoms with Gasteiger partial charge in [-0.05, 0) is 55.0 Å². The van der Waals surface area contributed by atoms with Gasteiger partial charge >= 0.3 is 12.3 Å². The maximum absolute atomic E-state index is 12.2. The number of fused-ring (bicyclic) bond motifs is 1. The predicted octanol–water partition coefficient (Wildman–Crippen LogP) is 3.82. The summed E-state index contributed by atoms with van der Waals surface area (Å²) in [6.45, 7) is -0.581. The Morgan fingerprint density at radius 2 is 1.81 bits per heavy atom. The van der Waals surface area contributed by atoms with Crippen LogP contribution in [0.2, 0.25) is 0 Å². The summed E-state index contributed by atoms with van der Waals surface area (Å²) in [5, 5.41) is 2.92. The van der Waals surface area contributed by atoms with E-state index in [0.717, 1.165) is 54.3 Å². The zero-order valence-corrected chi connectivity index (χ0v) is 17.5. The van der Waals surface area contributed by atoms with Gasteiger partial charge in [0.05, 0.1) is 5.56 Å². The monoisotopic (exact) mass is 468 g/mol. The van der Waals surface area contributed by atoms with Gasteiger partial charge in [-0.15, -0.1) is 24.5 Å². The predicted molar refractivity (Wildman–Crippen MR) is 111 cm³/mol. The smallest absolute Gasteiger partial charge is 0.452 e. The molecule has 2 aromatic rings. The molecule has 1 aromatic carbocycles. The summed E-state index contributed by atoms with van der Waals surface area (Å²) in [6, 6.07) is 4.84. The van der Waals surface area contributed by atoms with Crippen LogP contribution in [0.15, 0.2) is 30.3 Å². The molecule has 0 aliphatic heterocycles. The van der Waals surface area contributed by atoms with Gasteiger partial charge in [0.15, 0.2) is 6.61 Å². The Labute approximate surface area is 185 Å². The summed E-state index contributed by atoms with van der Waals surface area (Å²) in [6.07, 6.45) is 1.05. The number of hydrogen-bond donors (Lipinski definition) is 2. The van der Waals surface area contributed by atoms with E-state index in [2.05, 4.69) is 10.1 Å². The fraction of sp³-hybridized carbons (Fsp3) is 0.286. The van der Waals surface area contributed by atoms with Crippen molar-refractivity contribution in [1.29, 1.82) is 0 Å². The van der Waals surface area contributed by atoms with E-state index in [1.807, 2.05) is 0 Å². The van der Waals surface area contributed by atoms with Gasteiger partial charge in [0, 0.05) is 11.0 Å². The standard InChI is InChI=1S/C21H19F3N2O5S/c22-21(23,24)31-13-8-5-12(6-9-13)7-10-17(28)30-11-16(27)26-20-18(19(25)29)14-3-1-2-4-15(14)32-20/h5-10H,1-4,11H2,(H2,25,29)(H,26,27)/b10-7+. The van der Waals surface area contributed by atoms with Crippen LogP contribution in [-0.2, 0) is 27.2 Å². The fourth-order valence-corrected chi connectivity index (χ4v) is 4.52. The molecule has 2 amide bonds. The Morgan fingerprint density at radius 3 is 2.47 bits per heavy atom. The number of ether oxygens (including phenoxy) is 2. The molecule has 170 valence electrons. The first-order chi connectivity index (χ1) is 15.1. The number of rotatable bonds is 7. The molecule has 0 saturated heterocycles. The lowest BCUT2D eigenvalue weighted by Gasteiger charge is -2.11. The van der Waals surface area contributed by atoms with E-state index in [0.29, 0.717) is 16.1 Å². The molecule has 0 saturated carbocycles. The lowest BCUT2D eigenvalue weighted by Crippen LogP contribution is -2.22. The summed E-state index contributed by atoms with van der Waals surface area (Å²) in [5.41, 5.74) is 7.08. The van der Waals surface area contributed by atoms with Gasteiger partial charge in [-0.1, -0.05) is 12.1 Å². The zero-order chi connectivity index (χ0) is 23.3. The van der Waals surface area contributed by atoms with Crippen LogP contribution in [0.3, 0.4) is 0 Å². The van der Waals surface area contributed by atoms with Crippen molar-refractivity contribution in [3.8, 4) is 5.75 Å². The van der Waals surface area contributed by atoms with E-state index in [4.69, 9.17) is 10.5 Å². The van der Waals surface area contributed by atoms with Gasteiger partial charge in [0.2, 0.25) is 0 Å². The van der Waals surface area contributed by atoms with E-state index >= 15 is 0 Å². The van der Waals surface area contributed by atoms with Gasteiger partial charge in [0.1, 0.15) is 10.8 Å². The van der Waals surface area contributed by atoms with Crippen LogP contribution >= 0.6 is 11.3 Å². The highest BCUT2D eigenvalue weighted by atomic mass is 32.1. The van der Waals surface area contributed by atoms with Crippen LogP contribution < -0.4 is 15.8 Å². The van der Waals surface area contributed by atoms with Crippen molar-refractivity contribution in [2.45, 2.75) is 32.0 Å². The number of nitrogens with two attached hydrogens (primary N) is 1. The van der Waals surface area contributed by atoms with Crippen LogP contribution in [0.1, 0.15) is 39.2 Å². The summed E-state index contributed by atoms with van der Waals surface area (Å²) in [4.78, 5) is 36.8. The van der Waals surface area contributed by atoms with Crippen molar-refractivity contribution >= 4 is 40.2 Å². The number of carbonyl (C=O) groups excluding carboxylic acids is 3. The van der Waals surface area contributed by atoms with Gasteiger partial charge in [0.25, 0.3) is 11.8 Å². The normalized spacial score (nSPS) is 13.5. The minimum atomic E-state index is -4.79. The van der Waals surface area contributed by atoms with Gasteiger partial charge in [-0.25, -0.2) is 4.79 Å². The van der Waals surface area contributed by atoms with Crippen molar-refractivity contribution < 1.29 is 37.0 Å². The Bertz CT molecular complexity index is 1040. The van der Waals surface area contributed by atoms with E-state index < -0.39 is 30.8 Å². The zero-order valence-electron chi connectivity index (χ0n) is 16.7. The fourth-order valence-electron chi connectivity index (χ4n) is 3.21. The third-order valence-electron chi connectivity index (χ3n) is 4.54. The second kappa shape index (κ2) is 9.86. The quantitative estimate of drug-likeness (QED) is 0.475. The SMILES string of the molecule is NC(=O)c1c(NC(=O)COC(=O)/C=C/c2ccc(OC(F)(F)F)cc2)sc2c1CCCC2. The van der Waals surface area contributed by atoms with Crippen molar-refractivity contribution in [2.24, 2.45) is 5.73 Å². The number of anilines is 1. The summed E-state index contributed by atoms with van der Waals surface area (Å²) in [5.74, 6) is -2.45. The minimum Gasteiger partial charge on any atom is -0.452 e. The molecule has 3 N–H and O–H groups in total. The molecule has 11 heteroatoms. The number of hydrogen-bond acceptors (Lipinski definition) is 6. The second-order valence-electron chi connectivity index (χ2n) is 6.89. The highest BCUT2D eigenvalue weighted by Crippen LogP contribution is 2.37. The van der Waals surface area contributed by atoms with Crippen LogP contribution in [0, 0.1) is 0 Å². The maximum Gasteiger partial charge on any atom is 0.573 e. The van der Waals surface area contributed by atoms with Crippen LogP contribution in [-0.4, -0.2) is 30.8 Å². The van der Waals surface area contributed by atoms with Crippen molar-refractivity contribution in [3.05, 3.63) is 51.9 Å². The molecular formula is C21H19F3N2O5S. The number of thiophene rings is 1. The largest absolute Gasteiger partial charge is 0.573 e. The van der Waals surface area contributed by atoms with Crippen molar-refractivity contribution in [2.75, 3.05) is 11.9 Å². The van der Waals surface area contributed by atoms with E-state index in [-0.39, 0.29) is 5.75 Å². The van der Waals surface area contributed by atoms with Crippen LogP contribution in [0.5, 0.6) is 5.75 Å². The molecule has 7 nitrogen and oxygen atoms in total. The number of amides is 2. The number of primary amides is 1. The molecular weight excluding hydrogens is 449 g/mol. The third-order valence-corrected chi connectivity index (χ3v) is 5.75. The molecule has 0 fully saturated rings. The second-order valence-corrected chi connectivity index (χ2v) is 7.99. The maximum atomic E-state index is 12.2. The number of alkyl halides is 3. The van der Waals surface area contributed by atoms with Gasteiger partial charge in [-0.2, -0.15) is 0 Å². The average Bonchev–Trinajstić information content (AvgIpc) is 3.08. The third kappa shape index (κ3) is 6.33. The first-order valence-electron chi connectivity index (χ1n) is 9.57. The first kappa shape index (κ1) is 23.3. The molecule has 0 bridgehead atoms. The van der Waals surface area contributed by atoms with Gasteiger partial charge < -0.3 is 20.5 Å². The molecule has 0 unspecified atom stereocenters. The van der Waals surface area contributed by atoms with Crippen molar-refractivity contribution in [3.63, 3.8) is 0 Å². The number of halogens is 3. The number of nitrogens with one attached hydrogen (secondary N) is 1. The van der Waals surface area contributed by atoms with E-state index in [9.17, 15) is 27.6 Å². The molecule has 0 radical (unpaired) electrons. The molecule has 1 aromatic heterocycles. The molecule has 0 spiro atoms. The number of esters is 1. The van der Waals surface area contributed by atoms with Crippen LogP contribution in [0.25, 0.3) is 6.08 Å². The van der Waals surface area contributed by atoms with E-state index in [1.54, 1.807) is 0 Å². The Hall–Kier alpha value is -3.34. The molecule has 0 atom stereocenters. The highest BCUT2D eigenvalue weighted by Gasteiger charge is 2.31. The molecule has 1 heterocycles. The lowest BCUT2D eigenvalue weighted by atomic mass is 9.95. The van der Waals surface area contributed by atoms with Crippen LogP contribution in [0.4, 0.5) is 18.2 Å². The number of benzene rings is 1. The molecule has 1 aliphatic rings. The molecule has 3 rings (SSSR count). The first-order valence-corrected chi connectivity index (χ1v) is 10.4. The Morgan fingerprint density at radius 1 is 1.12 bits per heavy atom. The topological polar surface area (TPSA) is 108 Å². The number of aryl methyl sites for hydroxylation is 1. The minimum absolute atomic E-state index is 0.308. The van der Waals surface area contributed by atoms with E-state index in [1.165, 1.54) is 29.5 Å². The molecule has 32 heavy (non-hydrogen) atoms. The average molecular weight is 468 g/mol. The Kier molecular flexibility index (Phi) is 7.18. The lowest BCUT2D eigenvalue weighted by molar-refractivity contribution is -0.274. The molecule has 1 aliphatic carbocycles. The number of carbonyl (C=O) groups is 3. The van der Waals surface area contributed by atoms with Crippen molar-refractivity contribution in [1.82, 2.24) is 0 Å². The summed E-state index contributed by atoms with van der Waals surface area (Å²) < 4.78 is 45.1. The summed E-state index contributed by atoms with van der Waals surface area (Å²) >= 11 is 1.30.